The molecular formula is C16H20ClNO5S. The summed E-state index contributed by atoms with van der Waals surface area (Å²) in [5.41, 5.74) is -0.0703. The molecule has 2 rings (SSSR count). The highest BCUT2D eigenvalue weighted by molar-refractivity contribution is 7.90. The molecule has 6 nitrogen and oxygen atoms in total. The topological polar surface area (TPSA) is 80.8 Å². The number of halogens is 1. The van der Waals surface area contributed by atoms with Crippen LogP contribution in [0.4, 0.5) is 0 Å². The number of piperidine rings is 1. The molecule has 1 fully saturated rings. The van der Waals surface area contributed by atoms with Crippen LogP contribution in [-0.2, 0) is 19.4 Å². The number of nitrogens with zero attached hydrogens (tertiary/aromatic N) is 1. The molecular weight excluding hydrogens is 354 g/mol. The second-order valence-corrected chi connectivity index (χ2v) is 8.34. The number of benzene rings is 1. The molecule has 0 bridgehead atoms. The number of hydrogen-bond donors (Lipinski definition) is 0. The van der Waals surface area contributed by atoms with Crippen molar-refractivity contribution in [1.29, 1.82) is 0 Å². The van der Waals surface area contributed by atoms with Gasteiger partial charge >= 0.3 is 5.97 Å². The molecule has 0 N–H and O–H groups in total. The molecule has 0 aliphatic carbocycles. The van der Waals surface area contributed by atoms with Gasteiger partial charge in [0.05, 0.1) is 15.5 Å². The van der Waals surface area contributed by atoms with Gasteiger partial charge in [0.15, 0.2) is 16.4 Å². The van der Waals surface area contributed by atoms with Crippen molar-refractivity contribution in [3.63, 3.8) is 0 Å². The van der Waals surface area contributed by atoms with Gasteiger partial charge in [-0.1, -0.05) is 11.6 Å². The van der Waals surface area contributed by atoms with Crippen molar-refractivity contribution in [1.82, 2.24) is 4.90 Å². The quantitative estimate of drug-likeness (QED) is 0.756. The molecule has 0 saturated carbocycles. The summed E-state index contributed by atoms with van der Waals surface area (Å²) >= 11 is 5.94. The minimum atomic E-state index is -3.47. The first-order valence-electron chi connectivity index (χ1n) is 7.66. The van der Waals surface area contributed by atoms with E-state index in [-0.39, 0.29) is 34.0 Å². The number of carbonyl (C=O) groups is 2. The van der Waals surface area contributed by atoms with Crippen LogP contribution in [0.25, 0.3) is 0 Å². The van der Waals surface area contributed by atoms with Crippen LogP contribution in [0.15, 0.2) is 23.1 Å². The lowest BCUT2D eigenvalue weighted by Gasteiger charge is -2.33. The van der Waals surface area contributed by atoms with Gasteiger partial charge in [0.25, 0.3) is 5.91 Å². The summed E-state index contributed by atoms with van der Waals surface area (Å²) < 4.78 is 28.2. The second-order valence-electron chi connectivity index (χ2n) is 5.92. The van der Waals surface area contributed by atoms with Crippen LogP contribution in [-0.4, -0.2) is 50.6 Å². The monoisotopic (exact) mass is 373 g/mol. The van der Waals surface area contributed by atoms with Gasteiger partial charge in [-0.25, -0.2) is 13.2 Å². The molecule has 1 saturated heterocycles. The summed E-state index contributed by atoms with van der Waals surface area (Å²) in [7, 11) is -3.47. The van der Waals surface area contributed by atoms with E-state index in [1.54, 1.807) is 4.90 Å². The maximum atomic E-state index is 12.2. The van der Waals surface area contributed by atoms with Gasteiger partial charge in [-0.15, -0.1) is 0 Å². The largest absolute Gasteiger partial charge is 0.452 e. The zero-order valence-corrected chi connectivity index (χ0v) is 15.2. The average Bonchev–Trinajstić information content (AvgIpc) is 2.52. The fourth-order valence-electron chi connectivity index (χ4n) is 2.65. The zero-order chi connectivity index (χ0) is 17.9. The Morgan fingerprint density at radius 2 is 2.04 bits per heavy atom. The molecule has 1 heterocycles. The van der Waals surface area contributed by atoms with E-state index in [1.165, 1.54) is 12.1 Å². The van der Waals surface area contributed by atoms with Crippen molar-refractivity contribution < 1.29 is 22.7 Å². The first-order chi connectivity index (χ1) is 11.2. The lowest BCUT2D eigenvalue weighted by molar-refractivity contribution is -0.137. The molecule has 1 aliphatic heterocycles. The Kier molecular flexibility index (Phi) is 5.87. The van der Waals surface area contributed by atoms with E-state index in [4.69, 9.17) is 16.3 Å². The lowest BCUT2D eigenvalue weighted by Crippen LogP contribution is -2.44. The van der Waals surface area contributed by atoms with Gasteiger partial charge in [-0.3, -0.25) is 4.79 Å². The third-order valence-corrected chi connectivity index (χ3v) is 5.48. The molecule has 0 aromatic heterocycles. The van der Waals surface area contributed by atoms with Crippen molar-refractivity contribution in [2.24, 2.45) is 0 Å². The van der Waals surface area contributed by atoms with Crippen LogP contribution in [0, 0.1) is 0 Å². The van der Waals surface area contributed by atoms with Crippen molar-refractivity contribution in [2.45, 2.75) is 37.1 Å². The number of esters is 1. The Hall–Kier alpha value is -1.60. The molecule has 0 spiro atoms. The molecule has 1 aromatic carbocycles. The zero-order valence-electron chi connectivity index (χ0n) is 13.6. The number of amides is 1. The summed E-state index contributed by atoms with van der Waals surface area (Å²) in [5.74, 6) is -1.07. The highest BCUT2D eigenvalue weighted by Crippen LogP contribution is 2.22. The Morgan fingerprint density at radius 3 is 2.67 bits per heavy atom. The highest BCUT2D eigenvalue weighted by atomic mass is 35.5. The second kappa shape index (κ2) is 7.53. The lowest BCUT2D eigenvalue weighted by atomic mass is 10.0. The first kappa shape index (κ1) is 18.7. The minimum absolute atomic E-state index is 0.0326. The number of hydrogen-bond acceptors (Lipinski definition) is 5. The predicted octanol–water partition coefficient (Wildman–Crippen LogP) is 2.30. The van der Waals surface area contributed by atoms with E-state index in [0.717, 1.165) is 31.6 Å². The Morgan fingerprint density at radius 1 is 1.33 bits per heavy atom. The van der Waals surface area contributed by atoms with Gasteiger partial charge in [0, 0.05) is 18.8 Å². The van der Waals surface area contributed by atoms with Gasteiger partial charge in [0.1, 0.15) is 0 Å². The molecule has 1 atom stereocenters. The van der Waals surface area contributed by atoms with E-state index in [9.17, 15) is 18.0 Å². The summed E-state index contributed by atoms with van der Waals surface area (Å²) in [6.45, 7) is 2.23. The van der Waals surface area contributed by atoms with E-state index >= 15 is 0 Å². The summed E-state index contributed by atoms with van der Waals surface area (Å²) in [4.78, 5) is 26.0. The predicted molar refractivity (Wildman–Crippen MR) is 89.9 cm³/mol. The number of carbonyl (C=O) groups excluding carboxylic acids is 2. The molecule has 1 amide bonds. The first-order valence-corrected chi connectivity index (χ1v) is 9.93. The molecule has 0 radical (unpaired) electrons. The number of sulfone groups is 1. The highest BCUT2D eigenvalue weighted by Gasteiger charge is 2.24. The fourth-order valence-corrected chi connectivity index (χ4v) is 3.49. The number of ether oxygens (including phenoxy) is 1. The third kappa shape index (κ3) is 4.48. The van der Waals surface area contributed by atoms with Crippen molar-refractivity contribution >= 4 is 33.3 Å². The third-order valence-electron chi connectivity index (χ3n) is 4.04. The molecule has 1 aliphatic rings. The minimum Gasteiger partial charge on any atom is -0.452 e. The smallest absolute Gasteiger partial charge is 0.340 e. The van der Waals surface area contributed by atoms with E-state index in [2.05, 4.69) is 0 Å². The van der Waals surface area contributed by atoms with Crippen LogP contribution >= 0.6 is 11.6 Å². The molecule has 8 heteroatoms. The fraction of sp³-hybridized carbons (Fsp3) is 0.500. The normalized spacial score (nSPS) is 18.3. The van der Waals surface area contributed by atoms with E-state index in [1.807, 2.05) is 6.92 Å². The molecule has 1 aromatic rings. The van der Waals surface area contributed by atoms with Gasteiger partial charge < -0.3 is 9.64 Å². The van der Waals surface area contributed by atoms with E-state index < -0.39 is 15.8 Å². The Labute approximate surface area is 146 Å². The van der Waals surface area contributed by atoms with Crippen LogP contribution in [0.5, 0.6) is 0 Å². The maximum Gasteiger partial charge on any atom is 0.340 e. The van der Waals surface area contributed by atoms with Crippen LogP contribution in [0.1, 0.15) is 36.5 Å². The standard InChI is InChI=1S/C16H20ClNO5S/c1-11-5-3-4-8-18(11)15(19)10-23-16(20)13-9-12(24(2,21)22)6-7-14(13)17/h6-7,9,11H,3-5,8,10H2,1-2H3/t11-/m0/s1. The van der Waals surface area contributed by atoms with Crippen molar-refractivity contribution in [3.8, 4) is 0 Å². The van der Waals surface area contributed by atoms with Gasteiger partial charge in [-0.05, 0) is 44.4 Å². The van der Waals surface area contributed by atoms with E-state index in [0.29, 0.717) is 6.54 Å². The summed E-state index contributed by atoms with van der Waals surface area (Å²) in [5, 5.41) is 0.0752. The SMILES string of the molecule is C[C@H]1CCCCN1C(=O)COC(=O)c1cc(S(C)(=O)=O)ccc1Cl. The van der Waals surface area contributed by atoms with Gasteiger partial charge in [0.2, 0.25) is 0 Å². The average molecular weight is 374 g/mol. The number of likely N-dealkylation sites (tertiary alicyclic amines) is 1. The summed E-state index contributed by atoms with van der Waals surface area (Å²) in [6, 6.07) is 3.92. The van der Waals surface area contributed by atoms with Crippen LogP contribution in [0.3, 0.4) is 0 Å². The molecule has 132 valence electrons. The maximum absolute atomic E-state index is 12.2. The Bertz CT molecular complexity index is 747. The molecule has 0 unspecified atom stereocenters. The van der Waals surface area contributed by atoms with Gasteiger partial charge in [-0.2, -0.15) is 0 Å². The summed E-state index contributed by atoms with van der Waals surface area (Å²) in [6.07, 6.45) is 3.99. The molecule has 24 heavy (non-hydrogen) atoms. The Balaban J connectivity index is 2.06. The van der Waals surface area contributed by atoms with Crippen LogP contribution in [0.2, 0.25) is 5.02 Å². The van der Waals surface area contributed by atoms with Crippen molar-refractivity contribution in [2.75, 3.05) is 19.4 Å². The van der Waals surface area contributed by atoms with Crippen LogP contribution < -0.4 is 0 Å². The number of rotatable bonds is 4. The van der Waals surface area contributed by atoms with Crippen molar-refractivity contribution in [3.05, 3.63) is 28.8 Å².